The summed E-state index contributed by atoms with van der Waals surface area (Å²) in [4.78, 5) is 16.2. The molecule has 0 bridgehead atoms. The summed E-state index contributed by atoms with van der Waals surface area (Å²) in [6, 6.07) is 16.4. The summed E-state index contributed by atoms with van der Waals surface area (Å²) < 4.78 is 19.3. The van der Waals surface area contributed by atoms with E-state index in [4.69, 9.17) is 4.42 Å². The van der Waals surface area contributed by atoms with Crippen LogP contribution in [0.25, 0.3) is 11.3 Å². The van der Waals surface area contributed by atoms with Crippen LogP contribution in [-0.4, -0.2) is 17.4 Å². The maximum absolute atomic E-state index is 13.8. The number of nitrogens with zero attached hydrogens (tertiary/aromatic N) is 1. The SMILES string of the molecule is CC(CNC(=O)CCc1ncc(-c2ccccc2F)o1)c1ccccc1. The summed E-state index contributed by atoms with van der Waals surface area (Å²) in [5, 5.41) is 2.93. The van der Waals surface area contributed by atoms with Crippen LogP contribution in [0.5, 0.6) is 0 Å². The average molecular weight is 352 g/mol. The van der Waals surface area contributed by atoms with Gasteiger partial charge in [-0.25, -0.2) is 9.37 Å². The molecule has 26 heavy (non-hydrogen) atoms. The molecule has 0 saturated heterocycles. The quantitative estimate of drug-likeness (QED) is 0.688. The van der Waals surface area contributed by atoms with Gasteiger partial charge in [-0.2, -0.15) is 0 Å². The third-order valence-corrected chi connectivity index (χ3v) is 4.23. The molecule has 0 aliphatic rings. The zero-order chi connectivity index (χ0) is 18.4. The van der Waals surface area contributed by atoms with Crippen molar-refractivity contribution in [1.82, 2.24) is 10.3 Å². The van der Waals surface area contributed by atoms with Gasteiger partial charge in [0, 0.05) is 19.4 Å². The molecule has 0 radical (unpaired) electrons. The summed E-state index contributed by atoms with van der Waals surface area (Å²) in [5.74, 6) is 0.626. The molecule has 1 unspecified atom stereocenters. The summed E-state index contributed by atoms with van der Waals surface area (Å²) in [7, 11) is 0. The highest BCUT2D eigenvalue weighted by Gasteiger charge is 2.12. The molecule has 5 heteroatoms. The first-order valence-electron chi connectivity index (χ1n) is 8.64. The van der Waals surface area contributed by atoms with Gasteiger partial charge in [0.15, 0.2) is 11.7 Å². The van der Waals surface area contributed by atoms with Crippen molar-refractivity contribution in [2.24, 2.45) is 0 Å². The molecule has 1 aromatic heterocycles. The van der Waals surface area contributed by atoms with E-state index in [0.29, 0.717) is 30.2 Å². The molecule has 1 amide bonds. The minimum Gasteiger partial charge on any atom is -0.441 e. The summed E-state index contributed by atoms with van der Waals surface area (Å²) in [5.41, 5.74) is 1.56. The van der Waals surface area contributed by atoms with E-state index < -0.39 is 0 Å². The number of aromatic nitrogens is 1. The fraction of sp³-hybridized carbons (Fsp3) is 0.238. The van der Waals surface area contributed by atoms with Gasteiger partial charge >= 0.3 is 0 Å². The monoisotopic (exact) mass is 352 g/mol. The molecule has 134 valence electrons. The van der Waals surface area contributed by atoms with Crippen molar-refractivity contribution in [3.63, 3.8) is 0 Å². The van der Waals surface area contributed by atoms with Crippen LogP contribution in [-0.2, 0) is 11.2 Å². The van der Waals surface area contributed by atoms with E-state index in [1.54, 1.807) is 18.2 Å². The lowest BCUT2D eigenvalue weighted by atomic mass is 10.0. The van der Waals surface area contributed by atoms with Gasteiger partial charge in [0.05, 0.1) is 11.8 Å². The molecule has 1 atom stereocenters. The Morgan fingerprint density at radius 3 is 2.65 bits per heavy atom. The Morgan fingerprint density at radius 1 is 1.15 bits per heavy atom. The molecule has 3 rings (SSSR count). The molecule has 4 nitrogen and oxygen atoms in total. The Balaban J connectivity index is 1.49. The maximum atomic E-state index is 13.8. The van der Waals surface area contributed by atoms with Crippen molar-refractivity contribution < 1.29 is 13.6 Å². The Bertz CT molecular complexity index is 861. The van der Waals surface area contributed by atoms with Crippen LogP contribution in [0.4, 0.5) is 4.39 Å². The molecule has 0 saturated carbocycles. The number of benzene rings is 2. The number of hydrogen-bond acceptors (Lipinski definition) is 3. The number of oxazole rings is 1. The second-order valence-corrected chi connectivity index (χ2v) is 6.21. The summed E-state index contributed by atoms with van der Waals surface area (Å²) >= 11 is 0. The number of amides is 1. The normalized spacial score (nSPS) is 11.9. The highest BCUT2D eigenvalue weighted by molar-refractivity contribution is 5.76. The molecule has 0 aliphatic carbocycles. The van der Waals surface area contributed by atoms with Crippen molar-refractivity contribution in [3.8, 4) is 11.3 Å². The van der Waals surface area contributed by atoms with E-state index in [2.05, 4.69) is 17.2 Å². The van der Waals surface area contributed by atoms with Gasteiger partial charge < -0.3 is 9.73 Å². The van der Waals surface area contributed by atoms with E-state index in [0.717, 1.165) is 0 Å². The highest BCUT2D eigenvalue weighted by atomic mass is 19.1. The largest absolute Gasteiger partial charge is 0.441 e. The van der Waals surface area contributed by atoms with E-state index in [9.17, 15) is 9.18 Å². The van der Waals surface area contributed by atoms with Gasteiger partial charge in [-0.1, -0.05) is 49.4 Å². The fourth-order valence-electron chi connectivity index (χ4n) is 2.69. The van der Waals surface area contributed by atoms with Gasteiger partial charge in [-0.05, 0) is 23.6 Å². The Morgan fingerprint density at radius 2 is 1.88 bits per heavy atom. The van der Waals surface area contributed by atoms with E-state index >= 15 is 0 Å². The highest BCUT2D eigenvalue weighted by Crippen LogP contribution is 2.23. The zero-order valence-corrected chi connectivity index (χ0v) is 14.6. The van der Waals surface area contributed by atoms with Gasteiger partial charge in [-0.3, -0.25) is 4.79 Å². The van der Waals surface area contributed by atoms with Gasteiger partial charge in [0.1, 0.15) is 5.82 Å². The predicted molar refractivity (Wildman–Crippen MR) is 98.1 cm³/mol. The predicted octanol–water partition coefficient (Wildman–Crippen LogP) is 4.33. The first kappa shape index (κ1) is 17.9. The molecular formula is C21H21FN2O2. The summed E-state index contributed by atoms with van der Waals surface area (Å²) in [6.07, 6.45) is 2.14. The molecule has 3 aromatic rings. The molecule has 1 N–H and O–H groups in total. The lowest BCUT2D eigenvalue weighted by molar-refractivity contribution is -0.121. The van der Waals surface area contributed by atoms with Crippen molar-refractivity contribution >= 4 is 5.91 Å². The minimum atomic E-state index is -0.358. The molecule has 1 heterocycles. The molecular weight excluding hydrogens is 331 g/mol. The number of halogens is 1. The van der Waals surface area contributed by atoms with E-state index in [1.165, 1.54) is 17.8 Å². The smallest absolute Gasteiger partial charge is 0.220 e. The van der Waals surface area contributed by atoms with Crippen LogP contribution in [0.1, 0.15) is 30.7 Å². The number of carbonyl (C=O) groups is 1. The van der Waals surface area contributed by atoms with Gasteiger partial charge in [0.2, 0.25) is 5.91 Å². The lowest BCUT2D eigenvalue weighted by Gasteiger charge is -2.12. The average Bonchev–Trinajstić information content (AvgIpc) is 3.14. The molecule has 0 fully saturated rings. The molecule has 0 spiro atoms. The van der Waals surface area contributed by atoms with Crippen molar-refractivity contribution in [2.45, 2.75) is 25.7 Å². The van der Waals surface area contributed by atoms with Gasteiger partial charge in [-0.15, -0.1) is 0 Å². The van der Waals surface area contributed by atoms with Gasteiger partial charge in [0.25, 0.3) is 0 Å². The molecule has 0 aliphatic heterocycles. The van der Waals surface area contributed by atoms with Crippen molar-refractivity contribution in [3.05, 3.63) is 78.1 Å². The van der Waals surface area contributed by atoms with E-state index in [1.807, 2.05) is 30.3 Å². The lowest BCUT2D eigenvalue weighted by Crippen LogP contribution is -2.27. The third-order valence-electron chi connectivity index (χ3n) is 4.23. The summed E-state index contributed by atoms with van der Waals surface area (Å²) in [6.45, 7) is 2.65. The Labute approximate surface area is 152 Å². The maximum Gasteiger partial charge on any atom is 0.220 e. The van der Waals surface area contributed by atoms with Crippen LogP contribution in [0.3, 0.4) is 0 Å². The zero-order valence-electron chi connectivity index (χ0n) is 14.6. The number of carbonyl (C=O) groups excluding carboxylic acids is 1. The number of aryl methyl sites for hydroxylation is 1. The van der Waals surface area contributed by atoms with Crippen molar-refractivity contribution in [1.29, 1.82) is 0 Å². The van der Waals surface area contributed by atoms with Crippen LogP contribution >= 0.6 is 0 Å². The topological polar surface area (TPSA) is 55.1 Å². The Kier molecular flexibility index (Phi) is 5.79. The van der Waals surface area contributed by atoms with E-state index in [-0.39, 0.29) is 24.1 Å². The van der Waals surface area contributed by atoms with Crippen LogP contribution < -0.4 is 5.32 Å². The number of hydrogen-bond donors (Lipinski definition) is 1. The van der Waals surface area contributed by atoms with Crippen LogP contribution in [0.2, 0.25) is 0 Å². The van der Waals surface area contributed by atoms with Crippen molar-refractivity contribution in [2.75, 3.05) is 6.54 Å². The fourth-order valence-corrected chi connectivity index (χ4v) is 2.69. The minimum absolute atomic E-state index is 0.0570. The third kappa shape index (κ3) is 4.57. The Hall–Kier alpha value is -2.95. The first-order chi connectivity index (χ1) is 12.6. The number of nitrogens with one attached hydrogen (secondary N) is 1. The standard InChI is InChI=1S/C21H21FN2O2/c1-15(16-7-3-2-4-8-16)13-23-20(25)11-12-21-24-14-19(26-21)17-9-5-6-10-18(17)22/h2-10,14-15H,11-13H2,1H3,(H,23,25). The van der Waals surface area contributed by atoms with Crippen LogP contribution in [0, 0.1) is 5.82 Å². The first-order valence-corrected chi connectivity index (χ1v) is 8.64. The number of rotatable bonds is 7. The second kappa shape index (κ2) is 8.43. The molecule has 2 aromatic carbocycles. The second-order valence-electron chi connectivity index (χ2n) is 6.21. The van der Waals surface area contributed by atoms with Crippen LogP contribution in [0.15, 0.2) is 65.2 Å².